The Kier molecular flexibility index (Phi) is 5.45. The maximum absolute atomic E-state index is 6.08. The van der Waals surface area contributed by atoms with Gasteiger partial charge in [-0.1, -0.05) is 6.92 Å². The SMILES string of the molecule is CC1CCN(C(N)=NCCN2CCOCC2C)CC1. The monoisotopic (exact) mass is 268 g/mol. The van der Waals surface area contributed by atoms with Gasteiger partial charge in [0.05, 0.1) is 19.8 Å². The molecule has 1 unspecified atom stereocenters. The Labute approximate surface area is 116 Å². The number of ether oxygens (including phenoxy) is 1. The van der Waals surface area contributed by atoms with E-state index in [4.69, 9.17) is 10.5 Å². The van der Waals surface area contributed by atoms with Gasteiger partial charge in [0.25, 0.3) is 0 Å². The van der Waals surface area contributed by atoms with E-state index in [9.17, 15) is 0 Å². The molecule has 2 saturated heterocycles. The third-order valence-corrected chi connectivity index (χ3v) is 4.27. The summed E-state index contributed by atoms with van der Waals surface area (Å²) in [5, 5.41) is 0. The molecule has 0 aromatic carbocycles. The van der Waals surface area contributed by atoms with Crippen LogP contribution >= 0.6 is 0 Å². The number of rotatable bonds is 3. The Hall–Kier alpha value is -0.810. The van der Waals surface area contributed by atoms with Crippen LogP contribution in [-0.2, 0) is 4.74 Å². The zero-order chi connectivity index (χ0) is 13.7. The van der Waals surface area contributed by atoms with E-state index in [-0.39, 0.29) is 0 Å². The molecule has 2 N–H and O–H groups in total. The van der Waals surface area contributed by atoms with E-state index in [0.717, 1.165) is 57.8 Å². The first-order valence-corrected chi connectivity index (χ1v) is 7.53. The predicted octanol–water partition coefficient (Wildman–Crippen LogP) is 0.754. The molecule has 19 heavy (non-hydrogen) atoms. The Morgan fingerprint density at radius 3 is 2.68 bits per heavy atom. The quantitative estimate of drug-likeness (QED) is 0.606. The third-order valence-electron chi connectivity index (χ3n) is 4.27. The molecule has 0 amide bonds. The second-order valence-corrected chi connectivity index (χ2v) is 5.87. The maximum Gasteiger partial charge on any atom is 0.191 e. The van der Waals surface area contributed by atoms with Gasteiger partial charge in [-0.05, 0) is 25.7 Å². The number of aliphatic imine (C=N–C) groups is 1. The fourth-order valence-electron chi connectivity index (χ4n) is 2.72. The van der Waals surface area contributed by atoms with Crippen LogP contribution in [0.3, 0.4) is 0 Å². The molecule has 0 aromatic rings. The average Bonchev–Trinajstić information content (AvgIpc) is 2.41. The molecule has 5 nitrogen and oxygen atoms in total. The zero-order valence-corrected chi connectivity index (χ0v) is 12.3. The molecule has 2 rings (SSSR count). The summed E-state index contributed by atoms with van der Waals surface area (Å²) < 4.78 is 5.43. The zero-order valence-electron chi connectivity index (χ0n) is 12.3. The molecule has 2 aliphatic rings. The summed E-state index contributed by atoms with van der Waals surface area (Å²) in [5.74, 6) is 1.56. The molecule has 1 atom stereocenters. The van der Waals surface area contributed by atoms with Crippen molar-refractivity contribution in [2.75, 3.05) is 45.9 Å². The van der Waals surface area contributed by atoms with E-state index in [1.54, 1.807) is 0 Å². The van der Waals surface area contributed by atoms with Crippen LogP contribution in [0.1, 0.15) is 26.7 Å². The van der Waals surface area contributed by atoms with Crippen molar-refractivity contribution in [3.8, 4) is 0 Å². The topological polar surface area (TPSA) is 54.1 Å². The first-order chi connectivity index (χ1) is 9.16. The fraction of sp³-hybridized carbons (Fsp3) is 0.929. The lowest BCUT2D eigenvalue weighted by Gasteiger charge is -2.33. The molecule has 0 bridgehead atoms. The molecular formula is C14H28N4O. The van der Waals surface area contributed by atoms with Crippen molar-refractivity contribution in [2.24, 2.45) is 16.6 Å². The summed E-state index contributed by atoms with van der Waals surface area (Å²) in [7, 11) is 0. The van der Waals surface area contributed by atoms with Crippen LogP contribution < -0.4 is 5.73 Å². The maximum atomic E-state index is 6.08. The molecule has 0 spiro atoms. The smallest absolute Gasteiger partial charge is 0.191 e. The normalized spacial score (nSPS) is 27.8. The van der Waals surface area contributed by atoms with Crippen LogP contribution in [-0.4, -0.2) is 67.7 Å². The van der Waals surface area contributed by atoms with Crippen LogP contribution in [0.4, 0.5) is 0 Å². The average molecular weight is 268 g/mol. The number of piperidine rings is 1. The minimum absolute atomic E-state index is 0.501. The number of hydrogen-bond acceptors (Lipinski definition) is 3. The molecule has 2 fully saturated rings. The molecule has 0 aliphatic carbocycles. The summed E-state index contributed by atoms with van der Waals surface area (Å²) in [6.45, 7) is 11.1. The molecule has 0 saturated carbocycles. The van der Waals surface area contributed by atoms with Gasteiger partial charge in [-0.15, -0.1) is 0 Å². The van der Waals surface area contributed by atoms with E-state index in [1.165, 1.54) is 12.8 Å². The van der Waals surface area contributed by atoms with E-state index in [1.807, 2.05) is 0 Å². The van der Waals surface area contributed by atoms with Crippen molar-refractivity contribution < 1.29 is 4.74 Å². The van der Waals surface area contributed by atoms with Crippen molar-refractivity contribution in [3.05, 3.63) is 0 Å². The van der Waals surface area contributed by atoms with Crippen LogP contribution in [0.5, 0.6) is 0 Å². The van der Waals surface area contributed by atoms with Gasteiger partial charge >= 0.3 is 0 Å². The van der Waals surface area contributed by atoms with Crippen LogP contribution in [0, 0.1) is 5.92 Å². The number of hydrogen-bond donors (Lipinski definition) is 1. The first kappa shape index (κ1) is 14.6. The summed E-state index contributed by atoms with van der Waals surface area (Å²) in [5.41, 5.74) is 6.08. The van der Waals surface area contributed by atoms with Gasteiger partial charge in [-0.2, -0.15) is 0 Å². The van der Waals surface area contributed by atoms with Gasteiger partial charge in [0.15, 0.2) is 5.96 Å². The molecule has 2 heterocycles. The van der Waals surface area contributed by atoms with Gasteiger partial charge < -0.3 is 15.4 Å². The molecule has 110 valence electrons. The summed E-state index contributed by atoms with van der Waals surface area (Å²) in [6.07, 6.45) is 2.47. The molecule has 5 heteroatoms. The fourth-order valence-corrected chi connectivity index (χ4v) is 2.72. The lowest BCUT2D eigenvalue weighted by Crippen LogP contribution is -2.45. The van der Waals surface area contributed by atoms with Gasteiger partial charge in [0.2, 0.25) is 0 Å². The summed E-state index contributed by atoms with van der Waals surface area (Å²) in [4.78, 5) is 9.19. The minimum Gasteiger partial charge on any atom is -0.379 e. The highest BCUT2D eigenvalue weighted by molar-refractivity contribution is 5.78. The van der Waals surface area contributed by atoms with Gasteiger partial charge in [0.1, 0.15) is 0 Å². The van der Waals surface area contributed by atoms with Gasteiger partial charge in [-0.25, -0.2) is 0 Å². The molecular weight excluding hydrogens is 240 g/mol. The molecule has 2 aliphatic heterocycles. The number of nitrogens with zero attached hydrogens (tertiary/aromatic N) is 3. The van der Waals surface area contributed by atoms with Crippen LogP contribution in [0.2, 0.25) is 0 Å². The van der Waals surface area contributed by atoms with E-state index < -0.39 is 0 Å². The highest BCUT2D eigenvalue weighted by Gasteiger charge is 2.19. The summed E-state index contributed by atoms with van der Waals surface area (Å²) in [6, 6.07) is 0.501. The number of guanidine groups is 1. The van der Waals surface area contributed by atoms with E-state index >= 15 is 0 Å². The highest BCUT2D eigenvalue weighted by atomic mass is 16.5. The Bertz CT molecular complexity index is 300. The first-order valence-electron chi connectivity index (χ1n) is 7.53. The lowest BCUT2D eigenvalue weighted by atomic mass is 10.00. The minimum atomic E-state index is 0.501. The molecule has 0 aromatic heterocycles. The van der Waals surface area contributed by atoms with Crippen molar-refractivity contribution in [1.29, 1.82) is 0 Å². The van der Waals surface area contributed by atoms with Crippen molar-refractivity contribution in [1.82, 2.24) is 9.80 Å². The number of nitrogens with two attached hydrogens (primary N) is 1. The Morgan fingerprint density at radius 2 is 2.00 bits per heavy atom. The number of likely N-dealkylation sites (tertiary alicyclic amines) is 1. The van der Waals surface area contributed by atoms with E-state index in [2.05, 4.69) is 28.6 Å². The van der Waals surface area contributed by atoms with Gasteiger partial charge in [0, 0.05) is 32.2 Å². The summed E-state index contributed by atoms with van der Waals surface area (Å²) >= 11 is 0. The van der Waals surface area contributed by atoms with Crippen LogP contribution in [0.25, 0.3) is 0 Å². The van der Waals surface area contributed by atoms with Gasteiger partial charge in [-0.3, -0.25) is 9.89 Å². The van der Waals surface area contributed by atoms with Crippen molar-refractivity contribution in [3.63, 3.8) is 0 Å². The van der Waals surface area contributed by atoms with Crippen molar-refractivity contribution in [2.45, 2.75) is 32.7 Å². The van der Waals surface area contributed by atoms with Crippen molar-refractivity contribution >= 4 is 5.96 Å². The lowest BCUT2D eigenvalue weighted by molar-refractivity contribution is 0.00139. The second-order valence-electron chi connectivity index (χ2n) is 5.87. The second kappa shape index (κ2) is 7.10. The third kappa shape index (κ3) is 4.35. The standard InChI is InChI=1S/C14H28N4O/c1-12-3-6-18(7-4-12)14(15)16-5-8-17-9-10-19-11-13(17)2/h12-13H,3-11H2,1-2H3,(H2,15,16). The highest BCUT2D eigenvalue weighted by Crippen LogP contribution is 2.15. The van der Waals surface area contributed by atoms with Crippen LogP contribution in [0.15, 0.2) is 4.99 Å². The Morgan fingerprint density at radius 1 is 1.26 bits per heavy atom. The van der Waals surface area contributed by atoms with E-state index in [0.29, 0.717) is 6.04 Å². The largest absolute Gasteiger partial charge is 0.379 e. The Balaban J connectivity index is 1.72. The molecule has 0 radical (unpaired) electrons. The predicted molar refractivity (Wildman–Crippen MR) is 78.3 cm³/mol. The number of morpholine rings is 1.